The molecule has 0 radical (unpaired) electrons. The lowest BCUT2D eigenvalue weighted by Crippen LogP contribution is -2.41. The number of nitrogens with one attached hydrogen (secondary N) is 1. The lowest BCUT2D eigenvalue weighted by molar-refractivity contribution is -0.126. The van der Waals surface area contributed by atoms with E-state index >= 15 is 0 Å². The van der Waals surface area contributed by atoms with Gasteiger partial charge in [0.05, 0.1) is 6.61 Å². The van der Waals surface area contributed by atoms with E-state index in [1.807, 2.05) is 19.1 Å². The Kier molecular flexibility index (Phi) is 6.90. The molecule has 1 aliphatic heterocycles. The van der Waals surface area contributed by atoms with Crippen molar-refractivity contribution in [2.24, 2.45) is 11.8 Å². The van der Waals surface area contributed by atoms with Gasteiger partial charge in [0.15, 0.2) is 0 Å². The largest absolute Gasteiger partial charge is 0.494 e. The average Bonchev–Trinajstić information content (AvgIpc) is 2.54. The van der Waals surface area contributed by atoms with Crippen molar-refractivity contribution in [2.75, 3.05) is 26.2 Å². The molecule has 0 saturated carbocycles. The fourth-order valence-electron chi connectivity index (χ4n) is 2.96. The van der Waals surface area contributed by atoms with Crippen LogP contribution in [-0.4, -0.2) is 37.0 Å². The summed E-state index contributed by atoms with van der Waals surface area (Å²) in [6.07, 6.45) is 1.91. The Balaban J connectivity index is 1.78. The first-order valence-electron chi connectivity index (χ1n) is 8.80. The average molecular weight is 318 g/mol. The topological polar surface area (TPSA) is 41.6 Å². The van der Waals surface area contributed by atoms with E-state index in [-0.39, 0.29) is 11.8 Å². The second-order valence-corrected chi connectivity index (χ2v) is 6.77. The fourth-order valence-corrected chi connectivity index (χ4v) is 2.96. The monoisotopic (exact) mass is 318 g/mol. The zero-order valence-electron chi connectivity index (χ0n) is 14.7. The molecule has 2 rings (SSSR count). The molecule has 1 aliphatic rings. The minimum Gasteiger partial charge on any atom is -0.494 e. The number of amides is 1. The van der Waals surface area contributed by atoms with Gasteiger partial charge in [0.1, 0.15) is 5.75 Å². The minimum absolute atomic E-state index is 0.180. The molecule has 128 valence electrons. The third-order valence-electron chi connectivity index (χ3n) is 4.26. The molecule has 4 nitrogen and oxygen atoms in total. The van der Waals surface area contributed by atoms with Crippen LogP contribution in [0.1, 0.15) is 39.2 Å². The standard InChI is InChI=1S/C19H30N2O2/c1-4-23-18-7-5-6-16(12-18)14-21-10-8-17(9-11-21)19(22)20-13-15(2)3/h5-7,12,15,17H,4,8-11,13-14H2,1-3H3,(H,20,22). The van der Waals surface area contributed by atoms with Crippen molar-refractivity contribution in [2.45, 2.75) is 40.2 Å². The zero-order valence-corrected chi connectivity index (χ0v) is 14.7. The van der Waals surface area contributed by atoms with Crippen LogP contribution in [-0.2, 0) is 11.3 Å². The highest BCUT2D eigenvalue weighted by Gasteiger charge is 2.24. The van der Waals surface area contributed by atoms with Gasteiger partial charge >= 0.3 is 0 Å². The van der Waals surface area contributed by atoms with Gasteiger partial charge in [0.2, 0.25) is 5.91 Å². The van der Waals surface area contributed by atoms with Crippen LogP contribution in [0.15, 0.2) is 24.3 Å². The Hall–Kier alpha value is -1.55. The normalized spacial score (nSPS) is 16.5. The van der Waals surface area contributed by atoms with Crippen LogP contribution in [0, 0.1) is 11.8 Å². The van der Waals surface area contributed by atoms with E-state index < -0.39 is 0 Å². The molecule has 4 heteroatoms. The summed E-state index contributed by atoms with van der Waals surface area (Å²) in [4.78, 5) is 14.6. The second-order valence-electron chi connectivity index (χ2n) is 6.77. The third kappa shape index (κ3) is 5.87. The Labute approximate surface area is 140 Å². The molecule has 1 amide bonds. The predicted molar refractivity (Wildman–Crippen MR) is 93.5 cm³/mol. The van der Waals surface area contributed by atoms with Crippen LogP contribution in [0.3, 0.4) is 0 Å². The Bertz CT molecular complexity index is 494. The minimum atomic E-state index is 0.180. The van der Waals surface area contributed by atoms with Crippen molar-refractivity contribution in [1.82, 2.24) is 10.2 Å². The predicted octanol–water partition coefficient (Wildman–Crippen LogP) is 3.07. The van der Waals surface area contributed by atoms with Crippen molar-refractivity contribution < 1.29 is 9.53 Å². The summed E-state index contributed by atoms with van der Waals surface area (Å²) >= 11 is 0. The molecular weight excluding hydrogens is 288 g/mol. The molecule has 1 aromatic rings. The number of nitrogens with zero attached hydrogens (tertiary/aromatic N) is 1. The van der Waals surface area contributed by atoms with Crippen LogP contribution in [0.5, 0.6) is 5.75 Å². The van der Waals surface area contributed by atoms with Gasteiger partial charge in [-0.2, -0.15) is 0 Å². The summed E-state index contributed by atoms with van der Waals surface area (Å²) < 4.78 is 5.56. The number of hydrogen-bond donors (Lipinski definition) is 1. The van der Waals surface area contributed by atoms with Gasteiger partial charge in [-0.25, -0.2) is 0 Å². The van der Waals surface area contributed by atoms with E-state index in [0.717, 1.165) is 44.8 Å². The maximum absolute atomic E-state index is 12.1. The van der Waals surface area contributed by atoms with Gasteiger partial charge in [0, 0.05) is 19.0 Å². The number of hydrogen-bond acceptors (Lipinski definition) is 3. The number of benzene rings is 1. The van der Waals surface area contributed by atoms with Crippen molar-refractivity contribution in [3.63, 3.8) is 0 Å². The number of likely N-dealkylation sites (tertiary alicyclic amines) is 1. The van der Waals surface area contributed by atoms with Crippen LogP contribution < -0.4 is 10.1 Å². The zero-order chi connectivity index (χ0) is 16.7. The van der Waals surface area contributed by atoms with E-state index in [1.165, 1.54) is 5.56 Å². The number of carbonyl (C=O) groups is 1. The molecule has 0 unspecified atom stereocenters. The number of carbonyl (C=O) groups excluding carboxylic acids is 1. The summed E-state index contributed by atoms with van der Waals surface area (Å²) in [6.45, 7) is 10.6. The molecule has 1 heterocycles. The smallest absolute Gasteiger partial charge is 0.223 e. The van der Waals surface area contributed by atoms with E-state index in [4.69, 9.17) is 4.74 Å². The Morgan fingerprint density at radius 1 is 1.35 bits per heavy atom. The highest BCUT2D eigenvalue weighted by Crippen LogP contribution is 2.21. The molecule has 1 aromatic carbocycles. The summed E-state index contributed by atoms with van der Waals surface area (Å²) in [7, 11) is 0. The molecule has 1 fully saturated rings. The van der Waals surface area contributed by atoms with Gasteiger partial charge in [-0.1, -0.05) is 26.0 Å². The lowest BCUT2D eigenvalue weighted by Gasteiger charge is -2.31. The SMILES string of the molecule is CCOc1cccc(CN2CCC(C(=O)NCC(C)C)CC2)c1. The summed E-state index contributed by atoms with van der Waals surface area (Å²) in [5.41, 5.74) is 1.28. The van der Waals surface area contributed by atoms with Gasteiger partial charge < -0.3 is 10.1 Å². The van der Waals surface area contributed by atoms with Gasteiger partial charge in [-0.05, 0) is 56.5 Å². The van der Waals surface area contributed by atoms with Gasteiger partial charge in [-0.15, -0.1) is 0 Å². The first kappa shape index (κ1) is 17.8. The first-order chi connectivity index (χ1) is 11.1. The summed E-state index contributed by atoms with van der Waals surface area (Å²) in [6, 6.07) is 8.31. The lowest BCUT2D eigenvalue weighted by atomic mass is 9.95. The third-order valence-corrected chi connectivity index (χ3v) is 4.26. The van der Waals surface area contributed by atoms with Crippen LogP contribution >= 0.6 is 0 Å². The first-order valence-corrected chi connectivity index (χ1v) is 8.80. The van der Waals surface area contributed by atoms with E-state index in [9.17, 15) is 4.79 Å². The van der Waals surface area contributed by atoms with Crippen LogP contribution in [0.2, 0.25) is 0 Å². The highest BCUT2D eigenvalue weighted by molar-refractivity contribution is 5.78. The van der Waals surface area contributed by atoms with E-state index in [2.05, 4.69) is 36.2 Å². The molecule has 0 atom stereocenters. The van der Waals surface area contributed by atoms with Crippen molar-refractivity contribution in [3.05, 3.63) is 29.8 Å². The Morgan fingerprint density at radius 2 is 2.09 bits per heavy atom. The molecule has 23 heavy (non-hydrogen) atoms. The molecular formula is C19H30N2O2. The quantitative estimate of drug-likeness (QED) is 0.840. The molecule has 0 bridgehead atoms. The van der Waals surface area contributed by atoms with Gasteiger partial charge in [-0.3, -0.25) is 9.69 Å². The van der Waals surface area contributed by atoms with Crippen LogP contribution in [0.25, 0.3) is 0 Å². The van der Waals surface area contributed by atoms with E-state index in [1.54, 1.807) is 0 Å². The maximum Gasteiger partial charge on any atom is 0.223 e. The number of rotatable bonds is 7. The van der Waals surface area contributed by atoms with Crippen LogP contribution in [0.4, 0.5) is 0 Å². The maximum atomic E-state index is 12.1. The fraction of sp³-hybridized carbons (Fsp3) is 0.632. The van der Waals surface area contributed by atoms with E-state index in [0.29, 0.717) is 12.5 Å². The second kappa shape index (κ2) is 8.92. The van der Waals surface area contributed by atoms with Crippen molar-refractivity contribution in [3.8, 4) is 5.75 Å². The number of ether oxygens (including phenoxy) is 1. The summed E-state index contributed by atoms with van der Waals surface area (Å²) in [5, 5.41) is 3.06. The Morgan fingerprint density at radius 3 is 2.74 bits per heavy atom. The molecule has 1 saturated heterocycles. The number of piperidine rings is 1. The van der Waals surface area contributed by atoms with Crippen molar-refractivity contribution >= 4 is 5.91 Å². The molecule has 0 aliphatic carbocycles. The van der Waals surface area contributed by atoms with Gasteiger partial charge in [0.25, 0.3) is 0 Å². The van der Waals surface area contributed by atoms with Crippen molar-refractivity contribution in [1.29, 1.82) is 0 Å². The summed E-state index contributed by atoms with van der Waals surface area (Å²) in [5.74, 6) is 1.86. The molecule has 0 spiro atoms. The molecule has 0 aromatic heterocycles. The molecule has 1 N–H and O–H groups in total. The highest BCUT2D eigenvalue weighted by atomic mass is 16.5.